The second kappa shape index (κ2) is 6.97. The summed E-state index contributed by atoms with van der Waals surface area (Å²) in [4.78, 5) is 4.56. The molecule has 1 unspecified atom stereocenters. The van der Waals surface area contributed by atoms with Gasteiger partial charge in [0.05, 0.1) is 18.5 Å². The molecule has 0 radical (unpaired) electrons. The third kappa shape index (κ3) is 3.00. The van der Waals surface area contributed by atoms with Crippen LogP contribution in [0.15, 0.2) is 31.9 Å². The number of likely N-dealkylation sites (N-methyl/N-ethyl adjacent to an activating group) is 1. The highest BCUT2D eigenvalue weighted by Crippen LogP contribution is 2.34. The molecule has 0 saturated carbocycles. The molecule has 1 aromatic rings. The average Bonchev–Trinajstić information content (AvgIpc) is 2.92. The van der Waals surface area contributed by atoms with Crippen molar-refractivity contribution in [3.8, 4) is 5.75 Å². The highest BCUT2D eigenvalue weighted by atomic mass is 32.2. The molecule has 3 aliphatic rings. The van der Waals surface area contributed by atoms with E-state index >= 15 is 0 Å². The molecule has 4 rings (SSSR count). The minimum Gasteiger partial charge on any atom is -0.496 e. The first-order valence-electron chi connectivity index (χ1n) is 8.83. The Hall–Kier alpha value is -2.39. The molecule has 0 aromatic carbocycles. The maximum atomic E-state index is 6.21. The van der Waals surface area contributed by atoms with Gasteiger partial charge in [0.1, 0.15) is 18.0 Å². The summed E-state index contributed by atoms with van der Waals surface area (Å²) in [6.45, 7) is 4.44. The van der Waals surface area contributed by atoms with Gasteiger partial charge >= 0.3 is 0 Å². The summed E-state index contributed by atoms with van der Waals surface area (Å²) < 4.78 is 9.90. The highest BCUT2D eigenvalue weighted by molar-refractivity contribution is 7.98. The number of rotatable bonds is 4. The van der Waals surface area contributed by atoms with E-state index in [9.17, 15) is 0 Å². The minimum atomic E-state index is 0.247. The van der Waals surface area contributed by atoms with Crippen LogP contribution in [0.1, 0.15) is 23.2 Å². The van der Waals surface area contributed by atoms with Crippen molar-refractivity contribution >= 4 is 29.2 Å². The molecule has 0 spiro atoms. The Labute approximate surface area is 162 Å². The number of pyridine rings is 1. The van der Waals surface area contributed by atoms with Gasteiger partial charge in [0.2, 0.25) is 0 Å². The van der Waals surface area contributed by atoms with Gasteiger partial charge in [0.25, 0.3) is 0 Å². The van der Waals surface area contributed by atoms with Gasteiger partial charge < -0.3 is 15.8 Å². The number of hydrazone groups is 2. The first kappa shape index (κ1) is 18.0. The molecule has 27 heavy (non-hydrogen) atoms. The molecule has 3 heterocycles. The smallest absolute Gasteiger partial charge is 0.160 e. The summed E-state index contributed by atoms with van der Waals surface area (Å²) in [6.07, 6.45) is 2.65. The number of ether oxygens (including phenoxy) is 1. The molecular weight excluding hydrogens is 362 g/mol. The first-order chi connectivity index (χ1) is 13.0. The van der Waals surface area contributed by atoms with Crippen LogP contribution in [0, 0.1) is 13.8 Å². The van der Waals surface area contributed by atoms with Crippen LogP contribution in [0.25, 0.3) is 0 Å². The molecule has 0 saturated heterocycles. The largest absolute Gasteiger partial charge is 0.496 e. The molecule has 0 bridgehead atoms. The first-order valence-corrected chi connectivity index (χ1v) is 9.77. The fourth-order valence-corrected chi connectivity index (χ4v) is 4.54. The number of aromatic nitrogens is 1. The van der Waals surface area contributed by atoms with Crippen LogP contribution >= 0.6 is 11.9 Å². The zero-order valence-corrected chi connectivity index (χ0v) is 16.7. The lowest BCUT2D eigenvalue weighted by Gasteiger charge is -2.23. The van der Waals surface area contributed by atoms with Crippen LogP contribution < -0.4 is 15.8 Å². The molecule has 0 fully saturated rings. The van der Waals surface area contributed by atoms with E-state index in [2.05, 4.69) is 14.7 Å². The molecule has 0 amide bonds. The lowest BCUT2D eigenvalue weighted by molar-refractivity contribution is 0.288. The summed E-state index contributed by atoms with van der Waals surface area (Å²) in [5, 5.41) is 14.5. The Kier molecular flexibility index (Phi) is 4.65. The van der Waals surface area contributed by atoms with Crippen LogP contribution in [0.5, 0.6) is 5.75 Å². The number of methoxy groups -OCH3 is 1. The number of amidine groups is 1. The molecule has 142 valence electrons. The van der Waals surface area contributed by atoms with E-state index in [0.717, 1.165) is 51.7 Å². The molecular formula is C18H23N7OS. The van der Waals surface area contributed by atoms with Crippen molar-refractivity contribution in [3.63, 3.8) is 0 Å². The Morgan fingerprint density at radius 1 is 1.37 bits per heavy atom. The van der Waals surface area contributed by atoms with Gasteiger partial charge in [-0.25, -0.2) is 0 Å². The molecule has 1 atom stereocenters. The Morgan fingerprint density at radius 2 is 2.19 bits per heavy atom. The maximum Gasteiger partial charge on any atom is 0.160 e. The van der Waals surface area contributed by atoms with Crippen LogP contribution in [0.3, 0.4) is 0 Å². The average molecular weight is 385 g/mol. The van der Waals surface area contributed by atoms with Crippen molar-refractivity contribution in [3.05, 3.63) is 34.2 Å². The summed E-state index contributed by atoms with van der Waals surface area (Å²) in [5.74, 6) is 2.10. The van der Waals surface area contributed by atoms with Crippen molar-refractivity contribution in [2.24, 2.45) is 20.3 Å². The monoisotopic (exact) mass is 385 g/mol. The van der Waals surface area contributed by atoms with E-state index in [0.29, 0.717) is 12.4 Å². The Morgan fingerprint density at radius 3 is 2.93 bits per heavy atom. The normalized spacial score (nSPS) is 21.4. The van der Waals surface area contributed by atoms with Crippen LogP contribution in [0.4, 0.5) is 0 Å². The maximum absolute atomic E-state index is 6.21. The predicted molar refractivity (Wildman–Crippen MR) is 109 cm³/mol. The highest BCUT2D eigenvalue weighted by Gasteiger charge is 2.38. The van der Waals surface area contributed by atoms with Crippen molar-refractivity contribution in [1.29, 1.82) is 0 Å². The lowest BCUT2D eigenvalue weighted by Crippen LogP contribution is -2.33. The van der Waals surface area contributed by atoms with E-state index in [1.54, 1.807) is 12.2 Å². The quantitative estimate of drug-likeness (QED) is 0.763. The van der Waals surface area contributed by atoms with Crippen molar-refractivity contribution in [1.82, 2.24) is 15.4 Å². The molecule has 1 aromatic heterocycles. The van der Waals surface area contributed by atoms with Crippen LogP contribution in [-0.2, 0) is 6.54 Å². The van der Waals surface area contributed by atoms with Gasteiger partial charge in [-0.05, 0) is 38.4 Å². The molecule has 3 N–H and O–H groups in total. The molecule has 9 heteroatoms. The van der Waals surface area contributed by atoms with Crippen molar-refractivity contribution in [2.75, 3.05) is 19.9 Å². The number of nitrogens with zero attached hydrogens (tertiary/aromatic N) is 5. The summed E-state index contributed by atoms with van der Waals surface area (Å²) >= 11 is 1.46. The van der Waals surface area contributed by atoms with E-state index in [1.165, 1.54) is 17.5 Å². The number of hydrogen-bond acceptors (Lipinski definition) is 9. The molecule has 2 aliphatic heterocycles. The Balaban J connectivity index is 1.72. The van der Waals surface area contributed by atoms with Gasteiger partial charge in [0, 0.05) is 41.1 Å². The summed E-state index contributed by atoms with van der Waals surface area (Å²) in [5.41, 5.74) is 13.1. The molecule has 1 aliphatic carbocycles. The van der Waals surface area contributed by atoms with Crippen molar-refractivity contribution < 1.29 is 4.74 Å². The number of hydrogen-bond donors (Lipinski definition) is 2. The number of aryl methyl sites for hydroxylation is 1. The van der Waals surface area contributed by atoms with Crippen LogP contribution in [-0.4, -0.2) is 53.3 Å². The van der Waals surface area contributed by atoms with Gasteiger partial charge in [-0.2, -0.15) is 19.7 Å². The van der Waals surface area contributed by atoms with E-state index in [4.69, 9.17) is 20.7 Å². The second-order valence-corrected chi connectivity index (χ2v) is 7.50. The third-order valence-electron chi connectivity index (χ3n) is 5.13. The zero-order chi connectivity index (χ0) is 19.1. The van der Waals surface area contributed by atoms with Gasteiger partial charge in [0.15, 0.2) is 5.84 Å². The third-order valence-corrected chi connectivity index (χ3v) is 5.90. The second-order valence-electron chi connectivity index (χ2n) is 6.77. The Bertz CT molecular complexity index is 919. The van der Waals surface area contributed by atoms with Crippen LogP contribution in [0.2, 0.25) is 0 Å². The summed E-state index contributed by atoms with van der Waals surface area (Å²) in [6, 6.07) is 0.247. The van der Waals surface area contributed by atoms with E-state index < -0.39 is 0 Å². The van der Waals surface area contributed by atoms with Gasteiger partial charge in [-0.3, -0.25) is 4.98 Å². The fraction of sp³-hybridized carbons (Fsp3) is 0.444. The molecule has 8 nitrogen and oxygen atoms in total. The minimum absolute atomic E-state index is 0.247. The van der Waals surface area contributed by atoms with Crippen molar-refractivity contribution in [2.45, 2.75) is 32.9 Å². The van der Waals surface area contributed by atoms with Gasteiger partial charge in [-0.15, -0.1) is 0 Å². The van der Waals surface area contributed by atoms with Gasteiger partial charge in [-0.1, -0.05) is 0 Å². The number of nitrogens with two attached hydrogens (primary N) is 1. The van der Waals surface area contributed by atoms with E-state index in [1.807, 2.05) is 27.1 Å². The summed E-state index contributed by atoms with van der Waals surface area (Å²) in [7, 11) is 3.65. The fourth-order valence-electron chi connectivity index (χ4n) is 3.76. The number of nitrogens with one attached hydrogen (secondary N) is 1. The topological polar surface area (TPSA) is 100 Å². The predicted octanol–water partition coefficient (Wildman–Crippen LogP) is 1.54. The standard InChI is InChI=1S/C18H23N7OS/c1-9-6-21-14(10(2)17(9)26-4)7-25-22-13-5-12(20-3)11-8-27-24-18(19)16(23-25)15(11)13/h6,12,20H,5,7-8H2,1-4H3,(H2,19,24). The van der Waals surface area contributed by atoms with E-state index in [-0.39, 0.29) is 6.04 Å². The lowest BCUT2D eigenvalue weighted by atomic mass is 10.0. The SMILES string of the molecule is CNC1CC2=NN(Cc3ncc(C)c(OC)c3C)N=C3C(N)=NSCC1=C23. The zero-order valence-electron chi connectivity index (χ0n) is 15.9.